The number of hydrogen-bond acceptors (Lipinski definition) is 3. The van der Waals surface area contributed by atoms with Gasteiger partial charge < -0.3 is 15.2 Å². The zero-order valence-corrected chi connectivity index (χ0v) is 14.7. The maximum Gasteiger partial charge on any atom is 0.303 e. The summed E-state index contributed by atoms with van der Waals surface area (Å²) in [6.45, 7) is 4.00. The van der Waals surface area contributed by atoms with Gasteiger partial charge in [0.1, 0.15) is 5.75 Å². The first-order valence-electron chi connectivity index (χ1n) is 8.57. The zero-order valence-electron chi connectivity index (χ0n) is 14.7. The van der Waals surface area contributed by atoms with Gasteiger partial charge in [0, 0.05) is 18.4 Å². The summed E-state index contributed by atoms with van der Waals surface area (Å²) < 4.78 is 6.00. The molecule has 2 rings (SSSR count). The summed E-state index contributed by atoms with van der Waals surface area (Å²) in [5.74, 6) is -0.285. The van der Waals surface area contributed by atoms with Gasteiger partial charge in [-0.2, -0.15) is 0 Å². The first-order chi connectivity index (χ1) is 11.9. The zero-order chi connectivity index (χ0) is 18.3. The predicted octanol–water partition coefficient (Wildman–Crippen LogP) is 3.76. The fourth-order valence-electron chi connectivity index (χ4n) is 2.60. The molecule has 2 aromatic rings. The standard InChI is InChI=1S/C20H25NO4/c1-20(2,19(24)21-14-7-3-4-13-18(22)23)25-17-12-8-10-15-9-5-6-11-16(15)17/h5-6,8-12H,3-4,7,13-14H2,1-2H3,(H,21,24)(H,22,23). The minimum absolute atomic E-state index is 0.170. The van der Waals surface area contributed by atoms with E-state index in [1.165, 1.54) is 0 Å². The number of aliphatic carboxylic acids is 1. The monoisotopic (exact) mass is 343 g/mol. The van der Waals surface area contributed by atoms with Crippen molar-refractivity contribution in [2.24, 2.45) is 0 Å². The van der Waals surface area contributed by atoms with Gasteiger partial charge in [0.05, 0.1) is 0 Å². The second-order valence-corrected chi connectivity index (χ2v) is 6.55. The van der Waals surface area contributed by atoms with Crippen LogP contribution in [0.5, 0.6) is 5.75 Å². The average molecular weight is 343 g/mol. The summed E-state index contributed by atoms with van der Waals surface area (Å²) in [7, 11) is 0. The predicted molar refractivity (Wildman–Crippen MR) is 97.8 cm³/mol. The van der Waals surface area contributed by atoms with Crippen LogP contribution in [-0.2, 0) is 9.59 Å². The number of benzene rings is 2. The normalized spacial score (nSPS) is 11.3. The fourth-order valence-corrected chi connectivity index (χ4v) is 2.60. The van der Waals surface area contributed by atoms with E-state index in [1.807, 2.05) is 42.5 Å². The SMILES string of the molecule is CC(C)(Oc1cccc2ccccc12)C(=O)NCCCCCC(=O)O. The molecule has 0 bridgehead atoms. The molecule has 0 saturated heterocycles. The van der Waals surface area contributed by atoms with E-state index in [4.69, 9.17) is 9.84 Å². The molecular formula is C20H25NO4. The highest BCUT2D eigenvalue weighted by molar-refractivity contribution is 5.90. The van der Waals surface area contributed by atoms with Gasteiger partial charge in [-0.25, -0.2) is 0 Å². The lowest BCUT2D eigenvalue weighted by molar-refractivity contribution is -0.137. The highest BCUT2D eigenvalue weighted by atomic mass is 16.5. The number of carboxylic acids is 1. The molecule has 1 amide bonds. The van der Waals surface area contributed by atoms with Crippen molar-refractivity contribution in [2.45, 2.75) is 45.1 Å². The maximum atomic E-state index is 12.4. The summed E-state index contributed by atoms with van der Waals surface area (Å²) in [5, 5.41) is 13.5. The molecule has 5 heteroatoms. The summed E-state index contributed by atoms with van der Waals surface area (Å²) in [5.41, 5.74) is -0.995. The van der Waals surface area contributed by atoms with E-state index in [9.17, 15) is 9.59 Å². The van der Waals surface area contributed by atoms with Crippen molar-refractivity contribution in [2.75, 3.05) is 6.54 Å². The molecule has 0 unspecified atom stereocenters. The van der Waals surface area contributed by atoms with Crippen LogP contribution in [0.25, 0.3) is 10.8 Å². The Morgan fingerprint density at radius 1 is 1.04 bits per heavy atom. The third-order valence-electron chi connectivity index (χ3n) is 4.01. The van der Waals surface area contributed by atoms with Crippen molar-refractivity contribution >= 4 is 22.6 Å². The van der Waals surface area contributed by atoms with Gasteiger partial charge in [-0.3, -0.25) is 9.59 Å². The molecule has 0 aliphatic carbocycles. The van der Waals surface area contributed by atoms with Gasteiger partial charge in [0.25, 0.3) is 5.91 Å². The van der Waals surface area contributed by atoms with Crippen LogP contribution < -0.4 is 10.1 Å². The minimum Gasteiger partial charge on any atom is -0.481 e. The second-order valence-electron chi connectivity index (χ2n) is 6.55. The third-order valence-corrected chi connectivity index (χ3v) is 4.01. The number of carbonyl (C=O) groups excluding carboxylic acids is 1. The van der Waals surface area contributed by atoms with Gasteiger partial charge in [0.15, 0.2) is 5.60 Å². The lowest BCUT2D eigenvalue weighted by Gasteiger charge is -2.26. The summed E-state index contributed by atoms with van der Waals surface area (Å²) in [4.78, 5) is 22.9. The number of hydrogen-bond donors (Lipinski definition) is 2. The van der Waals surface area contributed by atoms with E-state index in [-0.39, 0.29) is 12.3 Å². The smallest absolute Gasteiger partial charge is 0.303 e. The van der Waals surface area contributed by atoms with Gasteiger partial charge >= 0.3 is 5.97 Å². The van der Waals surface area contributed by atoms with Crippen LogP contribution in [0, 0.1) is 0 Å². The van der Waals surface area contributed by atoms with Gasteiger partial charge in [0.2, 0.25) is 0 Å². The molecule has 2 aromatic carbocycles. The molecule has 0 radical (unpaired) electrons. The summed E-state index contributed by atoms with van der Waals surface area (Å²) in [6.07, 6.45) is 2.32. The molecule has 0 aliphatic rings. The first-order valence-corrected chi connectivity index (χ1v) is 8.57. The molecule has 0 spiro atoms. The molecule has 0 heterocycles. The Kier molecular flexibility index (Phi) is 6.39. The van der Waals surface area contributed by atoms with E-state index in [0.29, 0.717) is 18.7 Å². The number of rotatable bonds is 9. The Morgan fingerprint density at radius 2 is 1.76 bits per heavy atom. The fraction of sp³-hybridized carbons (Fsp3) is 0.400. The van der Waals surface area contributed by atoms with Crippen LogP contribution >= 0.6 is 0 Å². The molecule has 5 nitrogen and oxygen atoms in total. The van der Waals surface area contributed by atoms with E-state index in [0.717, 1.165) is 23.6 Å². The van der Waals surface area contributed by atoms with Crippen LogP contribution in [0.2, 0.25) is 0 Å². The van der Waals surface area contributed by atoms with Crippen molar-refractivity contribution in [3.8, 4) is 5.75 Å². The van der Waals surface area contributed by atoms with Gasteiger partial charge in [-0.1, -0.05) is 42.8 Å². The number of nitrogens with one attached hydrogen (secondary N) is 1. The lowest BCUT2D eigenvalue weighted by atomic mass is 10.1. The Hall–Kier alpha value is -2.56. The Balaban J connectivity index is 1.89. The molecule has 0 fully saturated rings. The third kappa shape index (κ3) is 5.48. The van der Waals surface area contributed by atoms with Crippen molar-refractivity contribution < 1.29 is 19.4 Å². The lowest BCUT2D eigenvalue weighted by Crippen LogP contribution is -2.46. The molecule has 0 aliphatic heterocycles. The molecule has 0 saturated carbocycles. The first kappa shape index (κ1) is 18.8. The summed E-state index contributed by atoms with van der Waals surface area (Å²) in [6, 6.07) is 13.7. The quantitative estimate of drug-likeness (QED) is 0.680. The largest absolute Gasteiger partial charge is 0.481 e. The van der Waals surface area contributed by atoms with Crippen molar-refractivity contribution in [1.82, 2.24) is 5.32 Å². The van der Waals surface area contributed by atoms with Crippen LogP contribution in [0.4, 0.5) is 0 Å². The highest BCUT2D eigenvalue weighted by Crippen LogP contribution is 2.28. The second kappa shape index (κ2) is 8.51. The number of fused-ring (bicyclic) bond motifs is 1. The molecule has 2 N–H and O–H groups in total. The molecule has 134 valence electrons. The van der Waals surface area contributed by atoms with E-state index in [2.05, 4.69) is 5.32 Å². The van der Waals surface area contributed by atoms with Crippen molar-refractivity contribution in [3.05, 3.63) is 42.5 Å². The maximum absolute atomic E-state index is 12.4. The number of ether oxygens (including phenoxy) is 1. The van der Waals surface area contributed by atoms with Gasteiger partial charge in [-0.05, 0) is 38.1 Å². The minimum atomic E-state index is -0.995. The van der Waals surface area contributed by atoms with E-state index < -0.39 is 11.6 Å². The van der Waals surface area contributed by atoms with Crippen LogP contribution in [-0.4, -0.2) is 29.1 Å². The Morgan fingerprint density at radius 3 is 2.52 bits per heavy atom. The number of unbranched alkanes of at least 4 members (excludes halogenated alkanes) is 2. The molecule has 0 aromatic heterocycles. The summed E-state index contributed by atoms with van der Waals surface area (Å²) >= 11 is 0. The number of carbonyl (C=O) groups is 2. The van der Waals surface area contributed by atoms with Crippen molar-refractivity contribution in [1.29, 1.82) is 0 Å². The number of carboxylic acid groups (broad SMARTS) is 1. The van der Waals surface area contributed by atoms with Crippen LogP contribution in [0.15, 0.2) is 42.5 Å². The van der Waals surface area contributed by atoms with Crippen LogP contribution in [0.3, 0.4) is 0 Å². The Bertz CT molecular complexity index is 734. The Labute approximate surface area is 148 Å². The highest BCUT2D eigenvalue weighted by Gasteiger charge is 2.30. The molecular weight excluding hydrogens is 318 g/mol. The van der Waals surface area contributed by atoms with E-state index in [1.54, 1.807) is 13.8 Å². The van der Waals surface area contributed by atoms with Crippen molar-refractivity contribution in [3.63, 3.8) is 0 Å². The van der Waals surface area contributed by atoms with E-state index >= 15 is 0 Å². The molecule has 0 atom stereocenters. The molecule has 25 heavy (non-hydrogen) atoms. The van der Waals surface area contributed by atoms with Gasteiger partial charge in [-0.15, -0.1) is 0 Å². The van der Waals surface area contributed by atoms with Crippen LogP contribution in [0.1, 0.15) is 39.5 Å². The average Bonchev–Trinajstić information content (AvgIpc) is 2.57. The number of amides is 1. The topological polar surface area (TPSA) is 75.6 Å².